The highest BCUT2D eigenvalue weighted by Gasteiger charge is 2.15. The summed E-state index contributed by atoms with van der Waals surface area (Å²) < 4.78 is 6.59. The third kappa shape index (κ3) is 3.24. The molecule has 0 aliphatic carbocycles. The minimum absolute atomic E-state index is 0.0790. The first-order chi connectivity index (χ1) is 8.87. The van der Waals surface area contributed by atoms with E-state index in [0.717, 1.165) is 5.52 Å². The number of hydrogen-bond acceptors (Lipinski definition) is 3. The maximum absolute atomic E-state index is 11.7. The number of nitrogens with one attached hydrogen (secondary N) is 1. The zero-order valence-electron chi connectivity index (χ0n) is 11.4. The van der Waals surface area contributed by atoms with E-state index in [2.05, 4.69) is 5.32 Å². The predicted molar refractivity (Wildman–Crippen MR) is 73.0 cm³/mol. The molecule has 102 valence electrons. The number of aromatic nitrogens is 1. The van der Waals surface area contributed by atoms with Crippen molar-refractivity contribution in [1.82, 2.24) is 9.88 Å². The van der Waals surface area contributed by atoms with Crippen molar-refractivity contribution in [1.29, 1.82) is 0 Å². The Kier molecular flexibility index (Phi) is 3.46. The van der Waals surface area contributed by atoms with E-state index in [1.807, 2.05) is 39.0 Å². The van der Waals surface area contributed by atoms with Gasteiger partial charge in [-0.1, -0.05) is 12.1 Å². The van der Waals surface area contributed by atoms with Crippen molar-refractivity contribution >= 4 is 17.0 Å². The van der Waals surface area contributed by atoms with Crippen LogP contribution in [0.4, 0.5) is 0 Å². The number of nitrogens with zero attached hydrogens (tertiary/aromatic N) is 1. The molecule has 1 aromatic heterocycles. The molecule has 0 spiro atoms. The van der Waals surface area contributed by atoms with Crippen LogP contribution in [0.25, 0.3) is 11.1 Å². The molecule has 1 heterocycles. The van der Waals surface area contributed by atoms with E-state index in [9.17, 15) is 9.59 Å². The fourth-order valence-corrected chi connectivity index (χ4v) is 1.92. The molecule has 0 unspecified atom stereocenters. The number of carbonyl (C=O) groups excluding carboxylic acids is 1. The van der Waals surface area contributed by atoms with Gasteiger partial charge in [0.1, 0.15) is 0 Å². The number of benzene rings is 1. The Morgan fingerprint density at radius 1 is 1.32 bits per heavy atom. The second-order valence-corrected chi connectivity index (χ2v) is 5.54. The number of para-hydroxylation sites is 2. The van der Waals surface area contributed by atoms with Gasteiger partial charge in [0.05, 0.1) is 5.52 Å². The molecule has 0 aliphatic heterocycles. The van der Waals surface area contributed by atoms with E-state index in [0.29, 0.717) is 12.1 Å². The van der Waals surface area contributed by atoms with E-state index in [1.54, 1.807) is 6.07 Å². The van der Waals surface area contributed by atoms with Gasteiger partial charge in [0, 0.05) is 18.5 Å². The van der Waals surface area contributed by atoms with E-state index in [4.69, 9.17) is 4.42 Å². The van der Waals surface area contributed by atoms with Crippen molar-refractivity contribution in [2.45, 2.75) is 39.3 Å². The Bertz CT molecular complexity index is 646. The normalized spacial score (nSPS) is 11.7. The molecular formula is C14H18N2O3. The summed E-state index contributed by atoms with van der Waals surface area (Å²) in [7, 11) is 0. The smallest absolute Gasteiger partial charge is 0.408 e. The Morgan fingerprint density at radius 3 is 2.68 bits per heavy atom. The van der Waals surface area contributed by atoms with Crippen molar-refractivity contribution in [2.24, 2.45) is 0 Å². The Morgan fingerprint density at radius 2 is 2.00 bits per heavy atom. The number of aryl methyl sites for hydroxylation is 1. The largest absolute Gasteiger partial charge is 0.419 e. The number of fused-ring (bicyclic) bond motifs is 1. The Hall–Kier alpha value is -2.04. The SMILES string of the molecule is CC(C)(C)NC(=O)CCn1c(=O)oc2ccccc21. The van der Waals surface area contributed by atoms with Crippen LogP contribution in [0, 0.1) is 0 Å². The van der Waals surface area contributed by atoms with Crippen LogP contribution in [0.5, 0.6) is 0 Å². The van der Waals surface area contributed by atoms with Gasteiger partial charge in [-0.25, -0.2) is 4.79 Å². The molecule has 0 saturated heterocycles. The molecule has 0 saturated carbocycles. The summed E-state index contributed by atoms with van der Waals surface area (Å²) >= 11 is 0. The van der Waals surface area contributed by atoms with Gasteiger partial charge in [0.2, 0.25) is 5.91 Å². The third-order valence-electron chi connectivity index (χ3n) is 2.65. The highest BCUT2D eigenvalue weighted by Crippen LogP contribution is 2.12. The fraction of sp³-hybridized carbons (Fsp3) is 0.429. The lowest BCUT2D eigenvalue weighted by molar-refractivity contribution is -0.122. The summed E-state index contributed by atoms with van der Waals surface area (Å²) in [6.45, 7) is 6.08. The molecule has 1 N–H and O–H groups in total. The highest BCUT2D eigenvalue weighted by molar-refractivity contribution is 5.77. The number of oxazole rings is 1. The van der Waals surface area contributed by atoms with Gasteiger partial charge in [-0.05, 0) is 32.9 Å². The van der Waals surface area contributed by atoms with Crippen LogP contribution < -0.4 is 11.1 Å². The van der Waals surface area contributed by atoms with Crippen LogP contribution in [-0.2, 0) is 11.3 Å². The molecule has 19 heavy (non-hydrogen) atoms. The predicted octanol–water partition coefficient (Wildman–Crippen LogP) is 1.90. The van der Waals surface area contributed by atoms with Crippen LogP contribution in [-0.4, -0.2) is 16.0 Å². The molecule has 5 nitrogen and oxygen atoms in total. The molecular weight excluding hydrogens is 244 g/mol. The Labute approximate surface area is 111 Å². The zero-order chi connectivity index (χ0) is 14.0. The van der Waals surface area contributed by atoms with Crippen molar-refractivity contribution in [3.8, 4) is 0 Å². The lowest BCUT2D eigenvalue weighted by atomic mass is 10.1. The molecule has 2 rings (SSSR count). The average Bonchev–Trinajstić information content (AvgIpc) is 2.60. The number of hydrogen-bond donors (Lipinski definition) is 1. The fourth-order valence-electron chi connectivity index (χ4n) is 1.92. The summed E-state index contributed by atoms with van der Waals surface area (Å²) in [5, 5.41) is 2.86. The summed E-state index contributed by atoms with van der Waals surface area (Å²) in [4.78, 5) is 23.4. The van der Waals surface area contributed by atoms with Crippen molar-refractivity contribution in [3.63, 3.8) is 0 Å². The van der Waals surface area contributed by atoms with Crippen molar-refractivity contribution in [3.05, 3.63) is 34.8 Å². The maximum Gasteiger partial charge on any atom is 0.419 e. The molecule has 0 fully saturated rings. The van der Waals surface area contributed by atoms with Gasteiger partial charge in [0.15, 0.2) is 5.58 Å². The Balaban J connectivity index is 2.12. The molecule has 0 radical (unpaired) electrons. The topological polar surface area (TPSA) is 64.2 Å². The first-order valence-electron chi connectivity index (χ1n) is 6.26. The summed E-state index contributed by atoms with van der Waals surface area (Å²) in [5.41, 5.74) is 1.00. The van der Waals surface area contributed by atoms with E-state index in [1.165, 1.54) is 4.57 Å². The zero-order valence-corrected chi connectivity index (χ0v) is 11.4. The van der Waals surface area contributed by atoms with Gasteiger partial charge in [0.25, 0.3) is 0 Å². The lowest BCUT2D eigenvalue weighted by Gasteiger charge is -2.20. The van der Waals surface area contributed by atoms with Gasteiger partial charge in [-0.15, -0.1) is 0 Å². The standard InChI is InChI=1S/C14H18N2O3/c1-14(2,3)15-12(17)8-9-16-10-6-4-5-7-11(10)19-13(16)18/h4-7H,8-9H2,1-3H3,(H,15,17). The average molecular weight is 262 g/mol. The first-order valence-corrected chi connectivity index (χ1v) is 6.26. The molecule has 2 aromatic rings. The van der Waals surface area contributed by atoms with Crippen LogP contribution in [0.1, 0.15) is 27.2 Å². The molecule has 1 amide bonds. The number of rotatable bonds is 3. The minimum atomic E-state index is -0.426. The number of amides is 1. The lowest BCUT2D eigenvalue weighted by Crippen LogP contribution is -2.41. The monoisotopic (exact) mass is 262 g/mol. The minimum Gasteiger partial charge on any atom is -0.408 e. The van der Waals surface area contributed by atoms with Gasteiger partial charge in [-0.2, -0.15) is 0 Å². The molecule has 1 aromatic carbocycles. The third-order valence-corrected chi connectivity index (χ3v) is 2.65. The highest BCUT2D eigenvalue weighted by atomic mass is 16.4. The molecule has 0 bridgehead atoms. The van der Waals surface area contributed by atoms with Crippen molar-refractivity contribution < 1.29 is 9.21 Å². The van der Waals surface area contributed by atoms with E-state index in [-0.39, 0.29) is 17.9 Å². The number of carbonyl (C=O) groups is 1. The summed E-state index contributed by atoms with van der Waals surface area (Å²) in [6, 6.07) is 7.19. The van der Waals surface area contributed by atoms with E-state index < -0.39 is 5.76 Å². The van der Waals surface area contributed by atoms with Crippen LogP contribution in [0.3, 0.4) is 0 Å². The maximum atomic E-state index is 11.7. The van der Waals surface area contributed by atoms with Crippen LogP contribution >= 0.6 is 0 Å². The van der Waals surface area contributed by atoms with Gasteiger partial charge < -0.3 is 9.73 Å². The molecule has 0 aliphatic rings. The van der Waals surface area contributed by atoms with Crippen LogP contribution in [0.2, 0.25) is 0 Å². The summed E-state index contributed by atoms with van der Waals surface area (Å²) in [5.74, 6) is -0.505. The second kappa shape index (κ2) is 4.91. The van der Waals surface area contributed by atoms with Crippen molar-refractivity contribution in [2.75, 3.05) is 0 Å². The van der Waals surface area contributed by atoms with Crippen LogP contribution in [0.15, 0.2) is 33.5 Å². The molecule has 0 atom stereocenters. The summed E-state index contributed by atoms with van der Waals surface area (Å²) in [6.07, 6.45) is 0.251. The van der Waals surface area contributed by atoms with Gasteiger partial charge in [-0.3, -0.25) is 9.36 Å². The van der Waals surface area contributed by atoms with E-state index >= 15 is 0 Å². The quantitative estimate of drug-likeness (QED) is 0.918. The molecule has 5 heteroatoms. The first kappa shape index (κ1) is 13.4. The van der Waals surface area contributed by atoms with Gasteiger partial charge >= 0.3 is 5.76 Å². The second-order valence-electron chi connectivity index (χ2n) is 5.54.